The second-order valence-corrected chi connectivity index (χ2v) is 4.68. The lowest BCUT2D eigenvalue weighted by Gasteiger charge is -2.01. The number of methoxy groups -OCH3 is 1. The lowest BCUT2D eigenvalue weighted by Crippen LogP contribution is -2.00. The van der Waals surface area contributed by atoms with Crippen molar-refractivity contribution in [1.82, 2.24) is 4.98 Å². The highest BCUT2D eigenvalue weighted by Crippen LogP contribution is 2.21. The molecule has 5 heteroatoms. The first-order chi connectivity index (χ1) is 8.70. The van der Waals surface area contributed by atoms with Crippen LogP contribution in [-0.2, 0) is 4.74 Å². The molecule has 0 saturated carbocycles. The van der Waals surface area contributed by atoms with Crippen molar-refractivity contribution < 1.29 is 9.53 Å². The highest BCUT2D eigenvalue weighted by Gasteiger charge is 2.07. The molecule has 96 valence electrons. The summed E-state index contributed by atoms with van der Waals surface area (Å²) >= 11 is 6.47. The average molecular weight is 281 g/mol. The van der Waals surface area contributed by atoms with Crippen LogP contribution in [0.5, 0.6) is 0 Å². The lowest BCUT2D eigenvalue weighted by molar-refractivity contribution is 0.0601. The molecule has 0 saturated heterocycles. The molecule has 1 N–H and O–H groups in total. The summed E-state index contributed by atoms with van der Waals surface area (Å²) in [6.45, 7) is 4.00. The van der Waals surface area contributed by atoms with Gasteiger partial charge in [-0.3, -0.25) is 0 Å². The van der Waals surface area contributed by atoms with Gasteiger partial charge in [0.15, 0.2) is 3.95 Å². The van der Waals surface area contributed by atoms with Gasteiger partial charge in [-0.05, 0) is 29.9 Å². The highest BCUT2D eigenvalue weighted by atomic mass is 32.1. The van der Waals surface area contributed by atoms with E-state index >= 15 is 0 Å². The van der Waals surface area contributed by atoms with E-state index in [0.29, 0.717) is 5.56 Å². The van der Waals surface area contributed by atoms with Gasteiger partial charge in [0.1, 0.15) is 0 Å². The van der Waals surface area contributed by atoms with Gasteiger partial charge in [-0.2, -0.15) is 0 Å². The number of carbonyl (C=O) groups excluding carboxylic acids is 1. The van der Waals surface area contributed by atoms with E-state index in [0.717, 1.165) is 15.2 Å². The minimum Gasteiger partial charge on any atom is -0.465 e. The number of hydrogen-bond acceptors (Lipinski definition) is 4. The first-order valence-corrected chi connectivity index (χ1v) is 6.86. The van der Waals surface area contributed by atoms with Crippen LogP contribution in [0.1, 0.15) is 24.2 Å². The topological polar surface area (TPSA) is 42.1 Å². The summed E-state index contributed by atoms with van der Waals surface area (Å²) in [6.07, 6.45) is 0. The number of thiazole rings is 1. The summed E-state index contributed by atoms with van der Waals surface area (Å²) in [4.78, 5) is 14.4. The first kappa shape index (κ1) is 14.6. The van der Waals surface area contributed by atoms with E-state index in [4.69, 9.17) is 12.2 Å². The molecule has 0 amide bonds. The predicted octanol–water partition coefficient (Wildman–Crippen LogP) is 4.29. The van der Waals surface area contributed by atoms with Gasteiger partial charge < -0.3 is 9.72 Å². The molecule has 2 aromatic rings. The molecule has 0 fully saturated rings. The molecule has 0 aliphatic carbocycles. The normalized spacial score (nSPS) is 9.28. The van der Waals surface area contributed by atoms with E-state index in [1.807, 2.05) is 31.4 Å². The smallest absolute Gasteiger partial charge is 0.337 e. The Bertz CT molecular complexity index is 572. The summed E-state index contributed by atoms with van der Waals surface area (Å²) in [7, 11) is 1.37. The molecule has 0 spiro atoms. The van der Waals surface area contributed by atoms with Crippen molar-refractivity contribution in [2.45, 2.75) is 13.8 Å². The van der Waals surface area contributed by atoms with Gasteiger partial charge in [-0.25, -0.2) is 4.79 Å². The number of aromatic nitrogens is 1. The van der Waals surface area contributed by atoms with Crippen LogP contribution in [0.15, 0.2) is 29.6 Å². The van der Waals surface area contributed by atoms with Gasteiger partial charge in [0.25, 0.3) is 0 Å². The number of H-pyrrole nitrogens is 1. The van der Waals surface area contributed by atoms with Crippen LogP contribution >= 0.6 is 23.6 Å². The quantitative estimate of drug-likeness (QED) is 0.659. The fourth-order valence-corrected chi connectivity index (χ4v) is 2.20. The number of benzene rings is 1. The van der Waals surface area contributed by atoms with Crippen LogP contribution in [0.25, 0.3) is 11.3 Å². The Labute approximate surface area is 115 Å². The third-order valence-corrected chi connectivity index (χ3v) is 3.18. The first-order valence-electron chi connectivity index (χ1n) is 5.57. The lowest BCUT2D eigenvalue weighted by atomic mass is 10.1. The fraction of sp³-hybridized carbons (Fsp3) is 0.231. The van der Waals surface area contributed by atoms with Gasteiger partial charge in [0.05, 0.1) is 18.4 Å². The largest absolute Gasteiger partial charge is 0.465 e. The van der Waals surface area contributed by atoms with Crippen LogP contribution in [-0.4, -0.2) is 18.1 Å². The molecule has 0 unspecified atom stereocenters. The third-order valence-electron chi connectivity index (χ3n) is 2.12. The Morgan fingerprint density at radius 2 is 2.11 bits per heavy atom. The Balaban J connectivity index is 0.000000771. The van der Waals surface area contributed by atoms with E-state index in [2.05, 4.69) is 9.72 Å². The van der Waals surface area contributed by atoms with E-state index in [9.17, 15) is 4.79 Å². The standard InChI is InChI=1S/C11H9NO2S2.C2H6/c1-14-10(13)8-4-2-3-7(5-8)9-6-16-11(15)12-9;1-2/h2-6H,1H3,(H,12,15);1-2H3. The average Bonchev–Trinajstić information content (AvgIpc) is 2.87. The maximum absolute atomic E-state index is 11.4. The van der Waals surface area contributed by atoms with Crippen LogP contribution in [0.3, 0.4) is 0 Å². The van der Waals surface area contributed by atoms with Gasteiger partial charge in [0, 0.05) is 5.38 Å². The maximum atomic E-state index is 11.4. The van der Waals surface area contributed by atoms with Crippen molar-refractivity contribution >= 4 is 29.5 Å². The molecule has 1 aromatic heterocycles. The number of hydrogen-bond donors (Lipinski definition) is 1. The molecular formula is C13H15NO2S2. The van der Waals surface area contributed by atoms with Crippen LogP contribution in [0.4, 0.5) is 0 Å². The Hall–Kier alpha value is -1.46. The third kappa shape index (κ3) is 3.51. The van der Waals surface area contributed by atoms with Crippen LogP contribution in [0, 0.1) is 3.95 Å². The van der Waals surface area contributed by atoms with E-state index in [-0.39, 0.29) is 5.97 Å². The van der Waals surface area contributed by atoms with Crippen LogP contribution in [0.2, 0.25) is 0 Å². The van der Waals surface area contributed by atoms with E-state index in [1.165, 1.54) is 18.4 Å². The Morgan fingerprint density at radius 3 is 2.67 bits per heavy atom. The summed E-state index contributed by atoms with van der Waals surface area (Å²) < 4.78 is 5.39. The second-order valence-electron chi connectivity index (χ2n) is 3.13. The minimum atomic E-state index is -0.337. The maximum Gasteiger partial charge on any atom is 0.337 e. The van der Waals surface area contributed by atoms with Crippen molar-refractivity contribution in [2.75, 3.05) is 7.11 Å². The fourth-order valence-electron chi connectivity index (χ4n) is 1.35. The Morgan fingerprint density at radius 1 is 1.39 bits per heavy atom. The van der Waals surface area contributed by atoms with E-state index < -0.39 is 0 Å². The summed E-state index contributed by atoms with van der Waals surface area (Å²) in [5, 5.41) is 1.93. The zero-order valence-electron chi connectivity index (χ0n) is 10.5. The SMILES string of the molecule is CC.COC(=O)c1cccc(-c2csc(=S)[nH]2)c1. The molecule has 0 atom stereocenters. The second kappa shape index (κ2) is 7.08. The van der Waals surface area contributed by atoms with Crippen molar-refractivity contribution in [3.63, 3.8) is 0 Å². The number of nitrogens with one attached hydrogen (secondary N) is 1. The van der Waals surface area contributed by atoms with Crippen LogP contribution < -0.4 is 0 Å². The zero-order chi connectivity index (χ0) is 13.5. The number of aromatic amines is 1. The monoisotopic (exact) mass is 281 g/mol. The zero-order valence-corrected chi connectivity index (χ0v) is 12.2. The van der Waals surface area contributed by atoms with Gasteiger partial charge in [0.2, 0.25) is 0 Å². The van der Waals surface area contributed by atoms with Gasteiger partial charge in [-0.15, -0.1) is 11.3 Å². The highest BCUT2D eigenvalue weighted by molar-refractivity contribution is 7.73. The molecular weight excluding hydrogens is 266 g/mol. The molecule has 0 radical (unpaired) electrons. The molecule has 0 aliphatic rings. The molecule has 2 rings (SSSR count). The van der Waals surface area contributed by atoms with Gasteiger partial charge >= 0.3 is 5.97 Å². The van der Waals surface area contributed by atoms with Crippen molar-refractivity contribution in [1.29, 1.82) is 0 Å². The molecule has 3 nitrogen and oxygen atoms in total. The summed E-state index contributed by atoms with van der Waals surface area (Å²) in [5.74, 6) is -0.337. The molecule has 0 aliphatic heterocycles. The van der Waals surface area contributed by atoms with Crippen molar-refractivity contribution in [3.8, 4) is 11.3 Å². The predicted molar refractivity (Wildman–Crippen MR) is 77.6 cm³/mol. The molecule has 1 aromatic carbocycles. The van der Waals surface area contributed by atoms with Gasteiger partial charge in [-0.1, -0.05) is 26.0 Å². The summed E-state index contributed by atoms with van der Waals surface area (Å²) in [6, 6.07) is 7.23. The number of carbonyl (C=O) groups is 1. The van der Waals surface area contributed by atoms with Crippen molar-refractivity contribution in [2.24, 2.45) is 0 Å². The van der Waals surface area contributed by atoms with E-state index in [1.54, 1.807) is 12.1 Å². The van der Waals surface area contributed by atoms with Crippen molar-refractivity contribution in [3.05, 3.63) is 39.2 Å². The molecule has 18 heavy (non-hydrogen) atoms. The minimum absolute atomic E-state index is 0.337. The molecule has 0 bridgehead atoms. The molecule has 1 heterocycles. The number of esters is 1. The number of ether oxygens (including phenoxy) is 1. The number of rotatable bonds is 2. The summed E-state index contributed by atoms with van der Waals surface area (Å²) in [5.41, 5.74) is 2.38. The Kier molecular flexibility index (Phi) is 5.74.